The lowest BCUT2D eigenvalue weighted by Gasteiger charge is -2.05. The van der Waals surface area contributed by atoms with E-state index in [0.717, 1.165) is 0 Å². The van der Waals surface area contributed by atoms with Crippen molar-refractivity contribution in [3.63, 3.8) is 0 Å². The number of ether oxygens (including phenoxy) is 2. The second kappa shape index (κ2) is 6.99. The first-order valence-electron chi connectivity index (χ1n) is 7.43. The van der Waals surface area contributed by atoms with E-state index in [4.69, 9.17) is 18.3 Å². The number of rotatable bonds is 6. The van der Waals surface area contributed by atoms with Crippen LogP contribution in [-0.2, 0) is 11.3 Å². The third-order valence-electron chi connectivity index (χ3n) is 3.23. The number of aromatic nitrogens is 2. The van der Waals surface area contributed by atoms with Crippen molar-refractivity contribution in [3.05, 3.63) is 53.7 Å². The maximum absolute atomic E-state index is 11.7. The molecule has 0 saturated heterocycles. The summed E-state index contributed by atoms with van der Waals surface area (Å²) in [6, 6.07) is 6.62. The van der Waals surface area contributed by atoms with Crippen LogP contribution in [0, 0.1) is 6.92 Å². The molecule has 0 fully saturated rings. The zero-order valence-electron chi connectivity index (χ0n) is 13.3. The molecule has 0 N–H and O–H groups in total. The lowest BCUT2D eigenvalue weighted by molar-refractivity contribution is 0.0525. The van der Waals surface area contributed by atoms with Gasteiger partial charge in [0.05, 0.1) is 18.4 Å². The van der Waals surface area contributed by atoms with Gasteiger partial charge in [-0.05, 0) is 32.0 Å². The Hall–Kier alpha value is -3.09. The normalized spacial score (nSPS) is 10.6. The Balaban J connectivity index is 1.70. The van der Waals surface area contributed by atoms with Gasteiger partial charge < -0.3 is 18.3 Å². The second-order valence-electron chi connectivity index (χ2n) is 4.89. The molecular weight excluding hydrogens is 312 g/mol. The lowest BCUT2D eigenvalue weighted by atomic mass is 10.3. The summed E-state index contributed by atoms with van der Waals surface area (Å²) in [4.78, 5) is 20.1. The minimum atomic E-state index is -0.414. The number of aryl methyl sites for hydroxylation is 1. The smallest absolute Gasteiger partial charge is 0.338 e. The van der Waals surface area contributed by atoms with Gasteiger partial charge in [-0.2, -0.15) is 0 Å². The summed E-state index contributed by atoms with van der Waals surface area (Å²) >= 11 is 0. The van der Waals surface area contributed by atoms with E-state index in [0.29, 0.717) is 41.2 Å². The number of oxazole rings is 1. The molecule has 0 atom stereocenters. The van der Waals surface area contributed by atoms with Crippen LogP contribution in [0.15, 0.2) is 45.6 Å². The SMILES string of the molecule is CCOC(=O)c1ccnc(OCc2nc(-c3ccco3)oc2C)c1. The van der Waals surface area contributed by atoms with E-state index >= 15 is 0 Å². The van der Waals surface area contributed by atoms with Crippen LogP contribution in [0.3, 0.4) is 0 Å². The second-order valence-corrected chi connectivity index (χ2v) is 4.89. The molecule has 0 aromatic carbocycles. The number of carbonyl (C=O) groups is 1. The molecule has 3 aromatic rings. The van der Waals surface area contributed by atoms with Gasteiger partial charge in [-0.25, -0.2) is 14.8 Å². The van der Waals surface area contributed by atoms with Gasteiger partial charge >= 0.3 is 5.97 Å². The molecule has 0 unspecified atom stereocenters. The summed E-state index contributed by atoms with van der Waals surface area (Å²) in [5.41, 5.74) is 1.01. The van der Waals surface area contributed by atoms with Crippen molar-refractivity contribution in [2.75, 3.05) is 6.61 Å². The molecule has 3 rings (SSSR count). The van der Waals surface area contributed by atoms with E-state index in [2.05, 4.69) is 9.97 Å². The molecule has 7 heteroatoms. The zero-order valence-corrected chi connectivity index (χ0v) is 13.3. The van der Waals surface area contributed by atoms with Crippen molar-refractivity contribution in [3.8, 4) is 17.5 Å². The fraction of sp³-hybridized carbons (Fsp3) is 0.235. The molecule has 24 heavy (non-hydrogen) atoms. The first kappa shape index (κ1) is 15.8. The van der Waals surface area contributed by atoms with Gasteiger partial charge in [0.2, 0.25) is 5.88 Å². The van der Waals surface area contributed by atoms with E-state index in [9.17, 15) is 4.79 Å². The molecule has 0 bridgehead atoms. The number of hydrogen-bond donors (Lipinski definition) is 0. The number of nitrogens with zero attached hydrogens (tertiary/aromatic N) is 2. The van der Waals surface area contributed by atoms with Crippen LogP contribution in [0.4, 0.5) is 0 Å². The Labute approximate surface area is 138 Å². The summed E-state index contributed by atoms with van der Waals surface area (Å²) < 4.78 is 21.4. The maximum atomic E-state index is 11.7. The number of carbonyl (C=O) groups excluding carboxylic acids is 1. The fourth-order valence-corrected chi connectivity index (χ4v) is 2.04. The van der Waals surface area contributed by atoms with Crippen molar-refractivity contribution in [2.45, 2.75) is 20.5 Å². The summed E-state index contributed by atoms with van der Waals surface area (Å²) in [7, 11) is 0. The van der Waals surface area contributed by atoms with Crippen LogP contribution >= 0.6 is 0 Å². The van der Waals surface area contributed by atoms with E-state index in [1.54, 1.807) is 38.3 Å². The quantitative estimate of drug-likeness (QED) is 0.641. The zero-order chi connectivity index (χ0) is 16.9. The molecule has 0 spiro atoms. The van der Waals surface area contributed by atoms with Gasteiger partial charge in [-0.1, -0.05) is 0 Å². The van der Waals surface area contributed by atoms with Gasteiger partial charge in [-0.3, -0.25) is 0 Å². The molecule has 3 heterocycles. The van der Waals surface area contributed by atoms with E-state index < -0.39 is 5.97 Å². The fourth-order valence-electron chi connectivity index (χ4n) is 2.04. The molecule has 7 nitrogen and oxygen atoms in total. The highest BCUT2D eigenvalue weighted by molar-refractivity contribution is 5.89. The third-order valence-corrected chi connectivity index (χ3v) is 3.23. The highest BCUT2D eigenvalue weighted by Gasteiger charge is 2.14. The molecule has 0 aliphatic rings. The molecule has 0 aliphatic heterocycles. The highest BCUT2D eigenvalue weighted by Crippen LogP contribution is 2.23. The van der Waals surface area contributed by atoms with Crippen molar-refractivity contribution in [1.29, 1.82) is 0 Å². The average Bonchev–Trinajstić information content (AvgIpc) is 3.23. The molecule has 0 amide bonds. The van der Waals surface area contributed by atoms with Crippen LogP contribution in [0.1, 0.15) is 28.7 Å². The topological polar surface area (TPSA) is 87.6 Å². The van der Waals surface area contributed by atoms with Crippen LogP contribution in [-0.4, -0.2) is 22.5 Å². The van der Waals surface area contributed by atoms with Gasteiger partial charge in [-0.15, -0.1) is 0 Å². The molecule has 0 aliphatic carbocycles. The average molecular weight is 328 g/mol. The summed E-state index contributed by atoms with van der Waals surface area (Å²) in [5.74, 6) is 1.46. The largest absolute Gasteiger partial charge is 0.471 e. The minimum Gasteiger partial charge on any atom is -0.471 e. The van der Waals surface area contributed by atoms with Gasteiger partial charge in [0, 0.05) is 12.3 Å². The van der Waals surface area contributed by atoms with Crippen LogP contribution < -0.4 is 4.74 Å². The Morgan fingerprint density at radius 1 is 1.33 bits per heavy atom. The first-order chi connectivity index (χ1) is 11.7. The predicted molar refractivity (Wildman–Crippen MR) is 83.5 cm³/mol. The van der Waals surface area contributed by atoms with Crippen molar-refractivity contribution in [2.24, 2.45) is 0 Å². The molecule has 0 saturated carbocycles. The molecule has 0 radical (unpaired) electrons. The van der Waals surface area contributed by atoms with Gasteiger partial charge in [0.25, 0.3) is 5.89 Å². The number of pyridine rings is 1. The first-order valence-corrected chi connectivity index (χ1v) is 7.43. The Morgan fingerprint density at radius 3 is 2.96 bits per heavy atom. The van der Waals surface area contributed by atoms with E-state index in [-0.39, 0.29) is 6.61 Å². The van der Waals surface area contributed by atoms with E-state index in [1.807, 2.05) is 0 Å². The minimum absolute atomic E-state index is 0.162. The third kappa shape index (κ3) is 3.45. The van der Waals surface area contributed by atoms with Crippen LogP contribution in [0.2, 0.25) is 0 Å². The van der Waals surface area contributed by atoms with Gasteiger partial charge in [0.1, 0.15) is 18.1 Å². The summed E-state index contributed by atoms with van der Waals surface area (Å²) in [6.45, 7) is 4.02. The molecule has 124 valence electrons. The van der Waals surface area contributed by atoms with Crippen molar-refractivity contribution < 1.29 is 23.1 Å². The summed E-state index contributed by atoms with van der Waals surface area (Å²) in [5, 5.41) is 0. The predicted octanol–water partition coefficient (Wildman–Crippen LogP) is 3.39. The number of hydrogen-bond acceptors (Lipinski definition) is 7. The van der Waals surface area contributed by atoms with Crippen LogP contribution in [0.25, 0.3) is 11.7 Å². The van der Waals surface area contributed by atoms with E-state index in [1.165, 1.54) is 12.3 Å². The monoisotopic (exact) mass is 328 g/mol. The van der Waals surface area contributed by atoms with Gasteiger partial charge in [0.15, 0.2) is 5.76 Å². The molecule has 3 aromatic heterocycles. The van der Waals surface area contributed by atoms with Crippen molar-refractivity contribution in [1.82, 2.24) is 9.97 Å². The highest BCUT2D eigenvalue weighted by atomic mass is 16.5. The Morgan fingerprint density at radius 2 is 2.21 bits per heavy atom. The Kier molecular flexibility index (Phi) is 4.60. The Bertz CT molecular complexity index is 823. The maximum Gasteiger partial charge on any atom is 0.338 e. The lowest BCUT2D eigenvalue weighted by Crippen LogP contribution is -2.06. The van der Waals surface area contributed by atoms with Crippen molar-refractivity contribution >= 4 is 5.97 Å². The standard InChI is InChI=1S/C17H16N2O5/c1-3-21-17(20)12-6-7-18-15(9-12)23-10-13-11(2)24-16(19-13)14-5-4-8-22-14/h4-9H,3,10H2,1-2H3. The summed E-state index contributed by atoms with van der Waals surface area (Å²) in [6.07, 6.45) is 3.04. The number of furan rings is 1. The number of esters is 1. The molecular formula is C17H16N2O5. The van der Waals surface area contributed by atoms with Crippen LogP contribution in [0.5, 0.6) is 5.88 Å².